The van der Waals surface area contributed by atoms with Crippen LogP contribution in [0.2, 0.25) is 0 Å². The van der Waals surface area contributed by atoms with Gasteiger partial charge in [0.25, 0.3) is 0 Å². The molecule has 0 saturated heterocycles. The van der Waals surface area contributed by atoms with Gasteiger partial charge >= 0.3 is 0 Å². The lowest BCUT2D eigenvalue weighted by Crippen LogP contribution is -2.26. The zero-order valence-corrected chi connectivity index (χ0v) is 12.6. The molecule has 21 heavy (non-hydrogen) atoms. The van der Waals surface area contributed by atoms with Gasteiger partial charge in [0.2, 0.25) is 10.0 Å². The fourth-order valence-electron chi connectivity index (χ4n) is 2.04. The van der Waals surface area contributed by atoms with Crippen molar-refractivity contribution in [2.75, 3.05) is 6.54 Å². The van der Waals surface area contributed by atoms with Crippen LogP contribution >= 0.6 is 0 Å². The highest BCUT2D eigenvalue weighted by Crippen LogP contribution is 2.15. The fourth-order valence-corrected chi connectivity index (χ4v) is 3.23. The van der Waals surface area contributed by atoms with E-state index in [0.29, 0.717) is 12.2 Å². The van der Waals surface area contributed by atoms with Gasteiger partial charge in [-0.05, 0) is 32.4 Å². The van der Waals surface area contributed by atoms with Crippen LogP contribution in [0.25, 0.3) is 0 Å². The van der Waals surface area contributed by atoms with Gasteiger partial charge in [-0.15, -0.1) is 0 Å². The number of aromatic nitrogens is 1. The highest BCUT2D eigenvalue weighted by atomic mass is 32.2. The van der Waals surface area contributed by atoms with Crippen molar-refractivity contribution < 1.29 is 12.9 Å². The van der Waals surface area contributed by atoms with E-state index in [9.17, 15) is 8.42 Å². The van der Waals surface area contributed by atoms with Crippen LogP contribution in [-0.4, -0.2) is 20.1 Å². The van der Waals surface area contributed by atoms with Gasteiger partial charge in [0.1, 0.15) is 11.8 Å². The molecule has 0 aliphatic rings. The fraction of sp³-hybridized carbons (Fsp3) is 0.286. The first-order valence-electron chi connectivity index (χ1n) is 6.36. The molecule has 2 aromatic rings. The molecule has 0 spiro atoms. The van der Waals surface area contributed by atoms with Crippen molar-refractivity contribution in [3.8, 4) is 6.07 Å². The Kier molecular flexibility index (Phi) is 4.40. The third-order valence-electron chi connectivity index (χ3n) is 3.15. The number of hydrogen-bond acceptors (Lipinski definition) is 5. The summed E-state index contributed by atoms with van der Waals surface area (Å²) in [5.41, 5.74) is 1.78. The summed E-state index contributed by atoms with van der Waals surface area (Å²) in [6, 6.07) is 7.98. The second-order valence-corrected chi connectivity index (χ2v) is 6.29. The number of hydrogen-bond donors (Lipinski definition) is 1. The van der Waals surface area contributed by atoms with E-state index in [1.165, 1.54) is 12.1 Å². The summed E-state index contributed by atoms with van der Waals surface area (Å²) in [7, 11) is -3.71. The van der Waals surface area contributed by atoms with Gasteiger partial charge in [-0.1, -0.05) is 17.3 Å². The molecule has 0 atom stereocenters. The van der Waals surface area contributed by atoms with Gasteiger partial charge < -0.3 is 4.52 Å². The predicted octanol–water partition coefficient (Wildman–Crippen LogP) is 1.68. The van der Waals surface area contributed by atoms with E-state index in [4.69, 9.17) is 9.78 Å². The molecule has 0 saturated carbocycles. The normalized spacial score (nSPS) is 11.3. The Morgan fingerprint density at radius 1 is 1.33 bits per heavy atom. The van der Waals surface area contributed by atoms with Gasteiger partial charge in [-0.25, -0.2) is 13.1 Å². The molecule has 1 heterocycles. The van der Waals surface area contributed by atoms with Crippen LogP contribution in [0.3, 0.4) is 0 Å². The Hall–Kier alpha value is -2.17. The van der Waals surface area contributed by atoms with E-state index in [0.717, 1.165) is 11.3 Å². The monoisotopic (exact) mass is 305 g/mol. The maximum absolute atomic E-state index is 12.2. The van der Waals surface area contributed by atoms with Crippen LogP contribution in [0.15, 0.2) is 33.7 Å². The summed E-state index contributed by atoms with van der Waals surface area (Å²) in [4.78, 5) is -0.00809. The lowest BCUT2D eigenvalue weighted by Gasteiger charge is -2.07. The molecule has 0 bridgehead atoms. The lowest BCUT2D eigenvalue weighted by atomic mass is 10.1. The predicted molar refractivity (Wildman–Crippen MR) is 76.0 cm³/mol. The van der Waals surface area contributed by atoms with Crippen LogP contribution in [0, 0.1) is 25.2 Å². The third kappa shape index (κ3) is 3.29. The van der Waals surface area contributed by atoms with Crippen molar-refractivity contribution in [1.82, 2.24) is 9.88 Å². The number of rotatable bonds is 5. The lowest BCUT2D eigenvalue weighted by molar-refractivity contribution is 0.392. The minimum absolute atomic E-state index is 0.00809. The molecule has 0 aliphatic carbocycles. The number of aryl methyl sites for hydroxylation is 2. The molecule has 0 amide bonds. The van der Waals surface area contributed by atoms with E-state index in [1.807, 2.05) is 13.0 Å². The molecule has 110 valence electrons. The zero-order chi connectivity index (χ0) is 15.5. The molecule has 7 heteroatoms. The van der Waals surface area contributed by atoms with E-state index in [-0.39, 0.29) is 17.0 Å². The first-order chi connectivity index (χ1) is 9.95. The van der Waals surface area contributed by atoms with E-state index in [2.05, 4.69) is 9.88 Å². The molecule has 0 unspecified atom stereocenters. The number of nitrogens with one attached hydrogen (secondary N) is 1. The van der Waals surface area contributed by atoms with Crippen molar-refractivity contribution in [3.05, 3.63) is 46.8 Å². The van der Waals surface area contributed by atoms with Gasteiger partial charge in [0.05, 0.1) is 16.2 Å². The molecule has 0 radical (unpaired) electrons. The third-order valence-corrected chi connectivity index (χ3v) is 4.66. The molecule has 6 nitrogen and oxygen atoms in total. The summed E-state index contributed by atoms with van der Waals surface area (Å²) in [6.07, 6.45) is 0.481. The standard InChI is InChI=1S/C14H15N3O3S/c1-10-13(11(2)20-17-10)7-8-16-21(18,19)14-6-4-3-5-12(14)9-15/h3-6,16H,7-8H2,1-2H3. The molecular weight excluding hydrogens is 290 g/mol. The molecule has 1 N–H and O–H groups in total. The first-order valence-corrected chi connectivity index (χ1v) is 7.84. The zero-order valence-electron chi connectivity index (χ0n) is 11.8. The van der Waals surface area contributed by atoms with Crippen molar-refractivity contribution in [2.45, 2.75) is 25.2 Å². The van der Waals surface area contributed by atoms with Crippen LogP contribution in [-0.2, 0) is 16.4 Å². The van der Waals surface area contributed by atoms with Crippen molar-refractivity contribution in [3.63, 3.8) is 0 Å². The Bertz CT molecular complexity index is 769. The molecule has 2 rings (SSSR count). The highest BCUT2D eigenvalue weighted by Gasteiger charge is 2.18. The number of sulfonamides is 1. The van der Waals surface area contributed by atoms with Gasteiger partial charge in [0.15, 0.2) is 0 Å². The minimum atomic E-state index is -3.71. The van der Waals surface area contributed by atoms with E-state index >= 15 is 0 Å². The van der Waals surface area contributed by atoms with Crippen molar-refractivity contribution >= 4 is 10.0 Å². The second kappa shape index (κ2) is 6.08. The SMILES string of the molecule is Cc1noc(C)c1CCNS(=O)(=O)c1ccccc1C#N. The van der Waals surface area contributed by atoms with Crippen LogP contribution in [0.1, 0.15) is 22.6 Å². The summed E-state index contributed by atoms with van der Waals surface area (Å²) in [5.74, 6) is 0.684. The van der Waals surface area contributed by atoms with E-state index < -0.39 is 10.0 Å². The second-order valence-electron chi connectivity index (χ2n) is 4.56. The quantitative estimate of drug-likeness (QED) is 0.906. The average Bonchev–Trinajstić information content (AvgIpc) is 2.79. The average molecular weight is 305 g/mol. The molecule has 1 aromatic heterocycles. The number of nitrogens with zero attached hydrogens (tertiary/aromatic N) is 2. The maximum Gasteiger partial charge on any atom is 0.241 e. The minimum Gasteiger partial charge on any atom is -0.361 e. The Morgan fingerprint density at radius 2 is 2.05 bits per heavy atom. The smallest absolute Gasteiger partial charge is 0.241 e. The van der Waals surface area contributed by atoms with Crippen molar-refractivity contribution in [2.24, 2.45) is 0 Å². The molecule has 0 fully saturated rings. The van der Waals surface area contributed by atoms with E-state index in [1.54, 1.807) is 19.1 Å². The van der Waals surface area contributed by atoms with Crippen molar-refractivity contribution in [1.29, 1.82) is 5.26 Å². The Labute approximate surface area is 123 Å². The topological polar surface area (TPSA) is 96.0 Å². The first kappa shape index (κ1) is 15.2. The molecule has 1 aromatic carbocycles. The Morgan fingerprint density at radius 3 is 2.67 bits per heavy atom. The van der Waals surface area contributed by atoms with Gasteiger partial charge in [-0.2, -0.15) is 5.26 Å². The largest absolute Gasteiger partial charge is 0.361 e. The highest BCUT2D eigenvalue weighted by molar-refractivity contribution is 7.89. The van der Waals surface area contributed by atoms with Gasteiger partial charge in [-0.3, -0.25) is 0 Å². The van der Waals surface area contributed by atoms with Crippen LogP contribution < -0.4 is 4.72 Å². The Balaban J connectivity index is 2.11. The number of benzene rings is 1. The summed E-state index contributed by atoms with van der Waals surface area (Å²) < 4.78 is 31.9. The van der Waals surface area contributed by atoms with Crippen LogP contribution in [0.4, 0.5) is 0 Å². The van der Waals surface area contributed by atoms with Crippen LogP contribution in [0.5, 0.6) is 0 Å². The summed E-state index contributed by atoms with van der Waals surface area (Å²) in [6.45, 7) is 3.81. The maximum atomic E-state index is 12.2. The molecular formula is C14H15N3O3S. The summed E-state index contributed by atoms with van der Waals surface area (Å²) >= 11 is 0. The summed E-state index contributed by atoms with van der Waals surface area (Å²) in [5, 5.41) is 12.8. The van der Waals surface area contributed by atoms with Gasteiger partial charge in [0, 0.05) is 12.1 Å². The number of nitriles is 1. The molecule has 0 aliphatic heterocycles.